The number of methoxy groups -OCH3 is 1. The summed E-state index contributed by atoms with van der Waals surface area (Å²) in [5.41, 5.74) is 3.09. The number of fused-ring (bicyclic) bond motifs is 1. The van der Waals surface area contributed by atoms with Gasteiger partial charge >= 0.3 is 0 Å². The fourth-order valence-corrected chi connectivity index (χ4v) is 2.48. The predicted octanol–water partition coefficient (Wildman–Crippen LogP) is 2.39. The van der Waals surface area contributed by atoms with Crippen LogP contribution in [0.25, 0.3) is 5.65 Å². The van der Waals surface area contributed by atoms with Crippen LogP contribution in [0.1, 0.15) is 17.0 Å². The minimum Gasteiger partial charge on any atom is -0.496 e. The number of aryl methyl sites for hydroxylation is 2. The SMILES string of the molecule is COc1ccc(CN(C)c2ccc3nc(C)nn3n2)cc1C. The average Bonchev–Trinajstić information content (AvgIpc) is 2.86. The molecule has 0 saturated heterocycles. The van der Waals surface area contributed by atoms with Gasteiger partial charge in [0.05, 0.1) is 7.11 Å². The summed E-state index contributed by atoms with van der Waals surface area (Å²) in [5.74, 6) is 2.48. The molecule has 0 radical (unpaired) electrons. The zero-order valence-electron chi connectivity index (χ0n) is 13.2. The van der Waals surface area contributed by atoms with Gasteiger partial charge in [-0.1, -0.05) is 12.1 Å². The van der Waals surface area contributed by atoms with E-state index in [1.165, 1.54) is 5.56 Å². The summed E-state index contributed by atoms with van der Waals surface area (Å²) >= 11 is 0. The van der Waals surface area contributed by atoms with Crippen molar-refractivity contribution in [2.75, 3.05) is 19.1 Å². The molecule has 0 aliphatic carbocycles. The molecule has 3 rings (SSSR count). The summed E-state index contributed by atoms with van der Waals surface area (Å²) in [7, 11) is 3.70. The van der Waals surface area contributed by atoms with Crippen LogP contribution >= 0.6 is 0 Å². The maximum atomic E-state index is 5.30. The summed E-state index contributed by atoms with van der Waals surface area (Å²) in [6, 6.07) is 10.1. The third-order valence-electron chi connectivity index (χ3n) is 3.57. The quantitative estimate of drug-likeness (QED) is 0.740. The van der Waals surface area contributed by atoms with Crippen LogP contribution < -0.4 is 9.64 Å². The minimum atomic E-state index is 0.720. The van der Waals surface area contributed by atoms with E-state index in [2.05, 4.69) is 32.2 Å². The Morgan fingerprint density at radius 3 is 2.68 bits per heavy atom. The van der Waals surface area contributed by atoms with E-state index >= 15 is 0 Å². The van der Waals surface area contributed by atoms with Gasteiger partial charge in [-0.3, -0.25) is 0 Å². The molecule has 6 heteroatoms. The normalized spacial score (nSPS) is 10.9. The molecule has 6 nitrogen and oxygen atoms in total. The fourth-order valence-electron chi connectivity index (χ4n) is 2.48. The molecule has 0 unspecified atom stereocenters. The highest BCUT2D eigenvalue weighted by Crippen LogP contribution is 2.20. The Morgan fingerprint density at radius 2 is 1.95 bits per heavy atom. The van der Waals surface area contributed by atoms with Gasteiger partial charge in [0.2, 0.25) is 0 Å². The van der Waals surface area contributed by atoms with Gasteiger partial charge < -0.3 is 9.64 Å². The van der Waals surface area contributed by atoms with Crippen molar-refractivity contribution in [3.05, 3.63) is 47.3 Å². The number of anilines is 1. The third kappa shape index (κ3) is 2.72. The van der Waals surface area contributed by atoms with E-state index < -0.39 is 0 Å². The topological polar surface area (TPSA) is 55.5 Å². The summed E-state index contributed by atoms with van der Waals surface area (Å²) in [6.45, 7) is 4.67. The van der Waals surface area contributed by atoms with Crippen LogP contribution in [-0.2, 0) is 6.54 Å². The van der Waals surface area contributed by atoms with Crippen LogP contribution in [0.2, 0.25) is 0 Å². The average molecular weight is 297 g/mol. The van der Waals surface area contributed by atoms with E-state index in [1.54, 1.807) is 11.7 Å². The standard InChI is InChI=1S/C16H19N5O/c1-11-9-13(5-6-14(11)22-4)10-20(3)16-8-7-15-17-12(2)18-21(15)19-16/h5-9H,10H2,1-4H3. The first kappa shape index (κ1) is 14.3. The van der Waals surface area contributed by atoms with Crippen LogP contribution in [0, 0.1) is 13.8 Å². The molecule has 0 amide bonds. The molecule has 0 saturated carbocycles. The molecule has 114 valence electrons. The highest BCUT2D eigenvalue weighted by Gasteiger charge is 2.08. The number of rotatable bonds is 4. The number of benzene rings is 1. The highest BCUT2D eigenvalue weighted by atomic mass is 16.5. The molecule has 0 N–H and O–H groups in total. The number of ether oxygens (including phenoxy) is 1. The van der Waals surface area contributed by atoms with Crippen molar-refractivity contribution in [2.45, 2.75) is 20.4 Å². The third-order valence-corrected chi connectivity index (χ3v) is 3.57. The molecule has 0 bridgehead atoms. The first-order chi connectivity index (χ1) is 10.6. The van der Waals surface area contributed by atoms with Crippen molar-refractivity contribution in [3.8, 4) is 5.75 Å². The van der Waals surface area contributed by atoms with Gasteiger partial charge in [-0.15, -0.1) is 14.8 Å². The summed E-state index contributed by atoms with van der Waals surface area (Å²) in [5, 5.41) is 8.74. The second-order valence-electron chi connectivity index (χ2n) is 5.36. The van der Waals surface area contributed by atoms with Gasteiger partial charge in [0.1, 0.15) is 11.6 Å². The Labute approximate surface area is 129 Å². The molecule has 0 aliphatic heterocycles. The maximum absolute atomic E-state index is 5.30. The molecular weight excluding hydrogens is 278 g/mol. The van der Waals surface area contributed by atoms with E-state index in [9.17, 15) is 0 Å². The van der Waals surface area contributed by atoms with Crippen LogP contribution in [0.3, 0.4) is 0 Å². The van der Waals surface area contributed by atoms with Gasteiger partial charge in [-0.2, -0.15) is 0 Å². The van der Waals surface area contributed by atoms with Gasteiger partial charge in [-0.05, 0) is 43.2 Å². The Morgan fingerprint density at radius 1 is 1.14 bits per heavy atom. The Bertz CT molecular complexity index is 811. The lowest BCUT2D eigenvalue weighted by atomic mass is 10.1. The van der Waals surface area contributed by atoms with E-state index in [0.29, 0.717) is 0 Å². The Kier molecular flexibility index (Phi) is 3.66. The first-order valence-corrected chi connectivity index (χ1v) is 7.12. The van der Waals surface area contributed by atoms with Gasteiger partial charge in [0.15, 0.2) is 11.5 Å². The fraction of sp³-hybridized carbons (Fsp3) is 0.312. The Balaban J connectivity index is 1.82. The molecule has 1 aromatic carbocycles. The van der Waals surface area contributed by atoms with Crippen molar-refractivity contribution in [3.63, 3.8) is 0 Å². The van der Waals surface area contributed by atoms with Crippen molar-refractivity contribution >= 4 is 11.5 Å². The molecule has 22 heavy (non-hydrogen) atoms. The zero-order valence-corrected chi connectivity index (χ0v) is 13.2. The van der Waals surface area contributed by atoms with Crippen LogP contribution in [-0.4, -0.2) is 34.0 Å². The number of aromatic nitrogens is 4. The summed E-state index contributed by atoms with van der Waals surface area (Å²) in [4.78, 5) is 6.37. The number of hydrogen-bond acceptors (Lipinski definition) is 5. The predicted molar refractivity (Wildman–Crippen MR) is 85.4 cm³/mol. The van der Waals surface area contributed by atoms with E-state index in [0.717, 1.165) is 35.1 Å². The molecule has 0 spiro atoms. The van der Waals surface area contributed by atoms with Crippen molar-refractivity contribution in [2.24, 2.45) is 0 Å². The monoisotopic (exact) mass is 297 g/mol. The van der Waals surface area contributed by atoms with E-state index in [1.807, 2.05) is 39.1 Å². The highest BCUT2D eigenvalue weighted by molar-refractivity contribution is 5.46. The lowest BCUT2D eigenvalue weighted by Gasteiger charge is -2.18. The molecule has 2 aromatic heterocycles. The Hall–Kier alpha value is -2.63. The largest absolute Gasteiger partial charge is 0.496 e. The lowest BCUT2D eigenvalue weighted by Crippen LogP contribution is -2.19. The number of hydrogen-bond donors (Lipinski definition) is 0. The van der Waals surface area contributed by atoms with Crippen LogP contribution in [0.4, 0.5) is 5.82 Å². The second kappa shape index (κ2) is 5.63. The number of nitrogens with zero attached hydrogens (tertiary/aromatic N) is 5. The molecule has 0 aliphatic rings. The lowest BCUT2D eigenvalue weighted by molar-refractivity contribution is 0.411. The molecule has 3 aromatic rings. The summed E-state index contributed by atoms with van der Waals surface area (Å²) < 4.78 is 6.87. The van der Waals surface area contributed by atoms with Crippen LogP contribution in [0.5, 0.6) is 5.75 Å². The maximum Gasteiger partial charge on any atom is 0.176 e. The van der Waals surface area contributed by atoms with Gasteiger partial charge in [-0.25, -0.2) is 4.98 Å². The minimum absolute atomic E-state index is 0.720. The van der Waals surface area contributed by atoms with E-state index in [-0.39, 0.29) is 0 Å². The molecular formula is C16H19N5O. The van der Waals surface area contributed by atoms with E-state index in [4.69, 9.17) is 4.74 Å². The van der Waals surface area contributed by atoms with Crippen molar-refractivity contribution in [1.82, 2.24) is 19.8 Å². The summed E-state index contributed by atoms with van der Waals surface area (Å²) in [6.07, 6.45) is 0. The second-order valence-corrected chi connectivity index (χ2v) is 5.36. The van der Waals surface area contributed by atoms with Crippen molar-refractivity contribution < 1.29 is 4.74 Å². The zero-order chi connectivity index (χ0) is 15.7. The smallest absolute Gasteiger partial charge is 0.176 e. The first-order valence-electron chi connectivity index (χ1n) is 7.12. The molecule has 2 heterocycles. The van der Waals surface area contributed by atoms with Crippen LogP contribution in [0.15, 0.2) is 30.3 Å². The van der Waals surface area contributed by atoms with Crippen molar-refractivity contribution in [1.29, 1.82) is 0 Å². The van der Waals surface area contributed by atoms with Gasteiger partial charge in [0, 0.05) is 13.6 Å². The molecule has 0 fully saturated rings. The molecule has 0 atom stereocenters. The van der Waals surface area contributed by atoms with Gasteiger partial charge in [0.25, 0.3) is 0 Å².